The van der Waals surface area contributed by atoms with Gasteiger partial charge in [-0.2, -0.15) is 9.29 Å². The number of hydrogen-bond donors (Lipinski definition) is 0. The molecular weight excluding hydrogens is 441 g/mol. The third kappa shape index (κ3) is 4.69. The van der Waals surface area contributed by atoms with E-state index in [-0.39, 0.29) is 37.1 Å². The fraction of sp³-hybridized carbons (Fsp3) is 0.286. The molecule has 1 aromatic heterocycles. The number of rotatable bonds is 6. The second-order valence-corrected chi connectivity index (χ2v) is 9.05. The molecule has 0 atom stereocenters. The zero-order valence-electron chi connectivity index (χ0n) is 17.2. The first-order valence-electron chi connectivity index (χ1n) is 9.79. The van der Waals surface area contributed by atoms with Crippen molar-refractivity contribution in [2.45, 2.75) is 18.4 Å². The Labute approximate surface area is 183 Å². The maximum absolute atomic E-state index is 14.3. The predicted octanol–water partition coefficient (Wildman–Crippen LogP) is 2.56. The van der Waals surface area contributed by atoms with Crippen LogP contribution in [-0.2, 0) is 26.1 Å². The van der Waals surface area contributed by atoms with Crippen LogP contribution in [0.2, 0.25) is 0 Å². The van der Waals surface area contributed by atoms with Crippen LogP contribution in [0.1, 0.15) is 21.8 Å². The summed E-state index contributed by atoms with van der Waals surface area (Å²) in [4.78, 5) is 16.4. The highest BCUT2D eigenvalue weighted by molar-refractivity contribution is 7.89. The molecule has 4 rings (SSSR count). The summed E-state index contributed by atoms with van der Waals surface area (Å²) in [6.07, 6.45) is 0. The van der Waals surface area contributed by atoms with Crippen molar-refractivity contribution < 1.29 is 31.6 Å². The highest BCUT2D eigenvalue weighted by Gasteiger charge is 2.28. The van der Waals surface area contributed by atoms with Crippen LogP contribution < -0.4 is 0 Å². The van der Waals surface area contributed by atoms with Gasteiger partial charge in [0.25, 0.3) is 5.89 Å². The van der Waals surface area contributed by atoms with Gasteiger partial charge in [-0.15, -0.1) is 0 Å². The molecule has 0 spiro atoms. The van der Waals surface area contributed by atoms with Gasteiger partial charge in [0.05, 0.1) is 23.7 Å². The van der Waals surface area contributed by atoms with Crippen LogP contribution >= 0.6 is 0 Å². The van der Waals surface area contributed by atoms with Gasteiger partial charge in [0.2, 0.25) is 15.8 Å². The van der Waals surface area contributed by atoms with E-state index in [9.17, 15) is 17.6 Å². The van der Waals surface area contributed by atoms with E-state index in [1.165, 1.54) is 4.31 Å². The van der Waals surface area contributed by atoms with Crippen molar-refractivity contribution in [3.63, 3.8) is 0 Å². The Morgan fingerprint density at radius 2 is 1.88 bits per heavy atom. The van der Waals surface area contributed by atoms with Crippen molar-refractivity contribution >= 4 is 16.0 Å². The maximum atomic E-state index is 14.3. The molecule has 0 N–H and O–H groups in total. The number of carbonyl (C=O) groups excluding carboxylic acids is 1. The SMILES string of the molecule is Cc1ccc(-c2noc(COC(=O)c3cc(S(=O)(=O)N4CCOCC4)ccc3F)n2)cc1. The zero-order chi connectivity index (χ0) is 22.7. The van der Waals surface area contributed by atoms with E-state index in [1.807, 2.05) is 31.2 Å². The molecule has 2 heterocycles. The van der Waals surface area contributed by atoms with Gasteiger partial charge in [0.1, 0.15) is 5.82 Å². The van der Waals surface area contributed by atoms with Gasteiger partial charge in [-0.25, -0.2) is 17.6 Å². The van der Waals surface area contributed by atoms with Gasteiger partial charge >= 0.3 is 5.97 Å². The molecule has 0 saturated carbocycles. The Morgan fingerprint density at radius 1 is 1.16 bits per heavy atom. The van der Waals surface area contributed by atoms with E-state index in [0.717, 1.165) is 29.3 Å². The quantitative estimate of drug-likeness (QED) is 0.515. The molecule has 1 fully saturated rings. The lowest BCUT2D eigenvalue weighted by Gasteiger charge is -2.26. The van der Waals surface area contributed by atoms with Crippen LogP contribution in [0.3, 0.4) is 0 Å². The van der Waals surface area contributed by atoms with Crippen molar-refractivity contribution in [3.8, 4) is 11.4 Å². The maximum Gasteiger partial charge on any atom is 0.341 e. The first-order valence-corrected chi connectivity index (χ1v) is 11.2. The van der Waals surface area contributed by atoms with Crippen LogP contribution in [0.5, 0.6) is 0 Å². The van der Waals surface area contributed by atoms with E-state index in [4.69, 9.17) is 14.0 Å². The molecule has 1 saturated heterocycles. The number of ether oxygens (including phenoxy) is 2. The Bertz CT molecular complexity index is 1220. The summed E-state index contributed by atoms with van der Waals surface area (Å²) in [7, 11) is -3.89. The minimum atomic E-state index is -3.89. The smallest absolute Gasteiger partial charge is 0.341 e. The van der Waals surface area contributed by atoms with Gasteiger partial charge in [-0.1, -0.05) is 35.0 Å². The summed E-state index contributed by atoms with van der Waals surface area (Å²) in [6, 6.07) is 10.4. The number of morpholine rings is 1. The Balaban J connectivity index is 1.47. The Kier molecular flexibility index (Phi) is 6.31. The van der Waals surface area contributed by atoms with E-state index in [0.29, 0.717) is 5.82 Å². The Hall–Kier alpha value is -3.15. The van der Waals surface area contributed by atoms with Crippen LogP contribution in [-0.4, -0.2) is 55.1 Å². The highest BCUT2D eigenvalue weighted by Crippen LogP contribution is 2.22. The largest absolute Gasteiger partial charge is 0.452 e. The summed E-state index contributed by atoms with van der Waals surface area (Å²) < 4.78 is 56.3. The molecule has 0 amide bonds. The summed E-state index contributed by atoms with van der Waals surface area (Å²) in [5.41, 5.74) is 1.30. The molecule has 0 bridgehead atoms. The molecule has 32 heavy (non-hydrogen) atoms. The molecule has 0 aliphatic carbocycles. The number of sulfonamides is 1. The van der Waals surface area contributed by atoms with Crippen molar-refractivity contribution in [2.75, 3.05) is 26.3 Å². The van der Waals surface area contributed by atoms with Gasteiger partial charge in [-0.3, -0.25) is 0 Å². The van der Waals surface area contributed by atoms with Crippen LogP contribution in [0.25, 0.3) is 11.4 Å². The lowest BCUT2D eigenvalue weighted by Crippen LogP contribution is -2.40. The standard InChI is InChI=1S/C21H20FN3O6S/c1-14-2-4-15(5-3-14)20-23-19(31-24-20)13-30-21(26)17-12-16(6-7-18(17)22)32(27,28)25-8-10-29-11-9-25/h2-7,12H,8-11,13H2,1H3. The van der Waals surface area contributed by atoms with Gasteiger partial charge < -0.3 is 14.0 Å². The monoisotopic (exact) mass is 461 g/mol. The number of aromatic nitrogens is 2. The van der Waals surface area contributed by atoms with Crippen LogP contribution in [0.4, 0.5) is 4.39 Å². The second-order valence-electron chi connectivity index (χ2n) is 7.11. The van der Waals surface area contributed by atoms with Crippen molar-refractivity contribution in [1.82, 2.24) is 14.4 Å². The topological polar surface area (TPSA) is 112 Å². The number of nitrogens with zero attached hydrogens (tertiary/aromatic N) is 3. The number of benzene rings is 2. The summed E-state index contributed by atoms with van der Waals surface area (Å²) in [5.74, 6) is -1.61. The molecule has 1 aliphatic rings. The average molecular weight is 461 g/mol. The van der Waals surface area contributed by atoms with Gasteiger partial charge in [0, 0.05) is 18.7 Å². The summed E-state index contributed by atoms with van der Waals surface area (Å²) >= 11 is 0. The molecular formula is C21H20FN3O6S. The fourth-order valence-electron chi connectivity index (χ4n) is 3.10. The number of hydrogen-bond acceptors (Lipinski definition) is 8. The number of aryl methyl sites for hydroxylation is 1. The minimum absolute atomic E-state index is 0.0198. The molecule has 11 heteroatoms. The minimum Gasteiger partial charge on any atom is -0.452 e. The normalized spacial score (nSPS) is 14.9. The molecule has 0 unspecified atom stereocenters. The van der Waals surface area contributed by atoms with Crippen molar-refractivity contribution in [1.29, 1.82) is 0 Å². The fourth-order valence-corrected chi connectivity index (χ4v) is 4.53. The zero-order valence-corrected chi connectivity index (χ0v) is 18.0. The first-order chi connectivity index (χ1) is 15.3. The van der Waals surface area contributed by atoms with Crippen LogP contribution in [0.15, 0.2) is 51.9 Å². The average Bonchev–Trinajstić information content (AvgIpc) is 3.28. The first kappa shape index (κ1) is 22.1. The third-order valence-electron chi connectivity index (χ3n) is 4.87. The van der Waals surface area contributed by atoms with E-state index in [2.05, 4.69) is 10.1 Å². The van der Waals surface area contributed by atoms with E-state index < -0.39 is 34.0 Å². The van der Waals surface area contributed by atoms with Crippen molar-refractivity contribution in [2.24, 2.45) is 0 Å². The molecule has 9 nitrogen and oxygen atoms in total. The van der Waals surface area contributed by atoms with E-state index in [1.54, 1.807) is 0 Å². The lowest BCUT2D eigenvalue weighted by molar-refractivity contribution is 0.0424. The van der Waals surface area contributed by atoms with Crippen LogP contribution in [0, 0.1) is 12.7 Å². The van der Waals surface area contributed by atoms with Gasteiger partial charge in [0.15, 0.2) is 6.61 Å². The number of esters is 1. The molecule has 1 aliphatic heterocycles. The number of halogens is 1. The molecule has 3 aromatic rings. The summed E-state index contributed by atoms with van der Waals surface area (Å²) in [5, 5.41) is 3.84. The van der Waals surface area contributed by atoms with Gasteiger partial charge in [-0.05, 0) is 25.1 Å². The Morgan fingerprint density at radius 3 is 2.59 bits per heavy atom. The highest BCUT2D eigenvalue weighted by atomic mass is 32.2. The number of carbonyl (C=O) groups is 1. The van der Waals surface area contributed by atoms with Crippen molar-refractivity contribution in [3.05, 3.63) is 65.3 Å². The molecule has 2 aromatic carbocycles. The van der Waals surface area contributed by atoms with E-state index >= 15 is 0 Å². The molecule has 0 radical (unpaired) electrons. The molecule has 168 valence electrons. The summed E-state index contributed by atoms with van der Waals surface area (Å²) in [6.45, 7) is 2.46. The predicted molar refractivity (Wildman–Crippen MR) is 110 cm³/mol. The lowest BCUT2D eigenvalue weighted by atomic mass is 10.1. The second kappa shape index (κ2) is 9.15. The third-order valence-corrected chi connectivity index (χ3v) is 6.76.